The third-order valence-corrected chi connectivity index (χ3v) is 11.4. The minimum atomic E-state index is -3.72. The molecule has 2 aromatic carbocycles. The van der Waals surface area contributed by atoms with Gasteiger partial charge in [-0.1, -0.05) is 35.9 Å². The molecule has 1 spiro atoms. The van der Waals surface area contributed by atoms with Crippen LogP contribution in [0.3, 0.4) is 0 Å². The third-order valence-electron chi connectivity index (χ3n) is 9.31. The standard InChI is InChI=1S/C36H36ClN5O5S/c1-46-30-9-7-25(8-10-30)22-40(23-26-5-3-6-31(17-26)47-2)48(44,45)16-4-15-41-29(19-27-18-28(37)20-39-34(27)41)24-42-33-21-38-14-11-32(33)36(12-13-36)35(42)43/h3,5-11,14,17-21H,4,12-13,15-16,22-24H2,1-2H3. The highest BCUT2D eigenvalue weighted by Gasteiger charge is 2.59. The Kier molecular flexibility index (Phi) is 8.61. The van der Waals surface area contributed by atoms with Crippen molar-refractivity contribution in [3.05, 3.63) is 113 Å². The zero-order chi connectivity index (χ0) is 33.5. The van der Waals surface area contributed by atoms with Gasteiger partial charge in [0, 0.05) is 43.1 Å². The quantitative estimate of drug-likeness (QED) is 0.147. The van der Waals surface area contributed by atoms with Crippen LogP contribution in [0.1, 0.15) is 41.6 Å². The Morgan fingerprint density at radius 2 is 1.71 bits per heavy atom. The summed E-state index contributed by atoms with van der Waals surface area (Å²) in [6.45, 7) is 1.10. The fourth-order valence-electron chi connectivity index (χ4n) is 6.67. The Morgan fingerprint density at radius 3 is 2.46 bits per heavy atom. The van der Waals surface area contributed by atoms with Gasteiger partial charge in [0.15, 0.2) is 0 Å². The second-order valence-electron chi connectivity index (χ2n) is 12.4. The van der Waals surface area contributed by atoms with E-state index < -0.39 is 15.4 Å². The van der Waals surface area contributed by atoms with Gasteiger partial charge in [0.1, 0.15) is 17.1 Å². The summed E-state index contributed by atoms with van der Waals surface area (Å²) in [5.74, 6) is 1.37. The zero-order valence-corrected chi connectivity index (χ0v) is 28.4. The van der Waals surface area contributed by atoms with Crippen LogP contribution in [0, 0.1) is 0 Å². The van der Waals surface area contributed by atoms with Crippen LogP contribution in [-0.2, 0) is 46.4 Å². The van der Waals surface area contributed by atoms with Gasteiger partial charge in [-0.2, -0.15) is 4.31 Å². The number of sulfonamides is 1. The molecule has 248 valence electrons. The van der Waals surface area contributed by atoms with Crippen molar-refractivity contribution in [3.8, 4) is 11.5 Å². The lowest BCUT2D eigenvalue weighted by molar-refractivity contribution is -0.120. The van der Waals surface area contributed by atoms with E-state index in [4.69, 9.17) is 21.1 Å². The van der Waals surface area contributed by atoms with Crippen molar-refractivity contribution in [2.75, 3.05) is 24.9 Å². The van der Waals surface area contributed by atoms with E-state index in [-0.39, 0.29) is 24.7 Å². The summed E-state index contributed by atoms with van der Waals surface area (Å²) >= 11 is 6.31. The van der Waals surface area contributed by atoms with E-state index in [2.05, 4.69) is 9.97 Å². The number of nitrogens with zero attached hydrogens (tertiary/aromatic N) is 5. The van der Waals surface area contributed by atoms with Crippen LogP contribution in [0.2, 0.25) is 5.02 Å². The van der Waals surface area contributed by atoms with Crippen LogP contribution in [0.5, 0.6) is 11.5 Å². The Labute approximate surface area is 284 Å². The van der Waals surface area contributed by atoms with Gasteiger partial charge in [0.2, 0.25) is 15.9 Å². The number of hydrogen-bond donors (Lipinski definition) is 0. The molecule has 0 radical (unpaired) electrons. The molecule has 7 rings (SSSR count). The third kappa shape index (κ3) is 6.13. The Balaban J connectivity index is 1.14. The maximum Gasteiger partial charge on any atom is 0.238 e. The van der Waals surface area contributed by atoms with E-state index in [9.17, 15) is 13.2 Å². The number of aromatic nitrogens is 3. The average molecular weight is 686 g/mol. The maximum atomic E-state index is 14.0. The highest BCUT2D eigenvalue weighted by Crippen LogP contribution is 2.57. The first-order valence-corrected chi connectivity index (χ1v) is 17.8. The van der Waals surface area contributed by atoms with Crippen molar-refractivity contribution in [2.24, 2.45) is 0 Å². The minimum absolute atomic E-state index is 0.0850. The molecule has 12 heteroatoms. The number of ether oxygens (including phenoxy) is 2. The van der Waals surface area contributed by atoms with E-state index in [1.165, 1.54) is 4.31 Å². The van der Waals surface area contributed by atoms with E-state index in [1.54, 1.807) is 32.8 Å². The normalized spacial score (nSPS) is 15.0. The summed E-state index contributed by atoms with van der Waals surface area (Å²) in [5, 5.41) is 1.34. The van der Waals surface area contributed by atoms with Crippen LogP contribution in [0.25, 0.3) is 11.0 Å². The van der Waals surface area contributed by atoms with Gasteiger partial charge in [-0.05, 0) is 78.4 Å². The number of rotatable bonds is 13. The molecule has 2 aliphatic rings. The highest BCUT2D eigenvalue weighted by atomic mass is 35.5. The second-order valence-corrected chi connectivity index (χ2v) is 14.9. The van der Waals surface area contributed by atoms with Gasteiger partial charge < -0.3 is 18.9 Å². The molecule has 48 heavy (non-hydrogen) atoms. The lowest BCUT2D eigenvalue weighted by Gasteiger charge is -2.23. The van der Waals surface area contributed by atoms with Crippen LogP contribution >= 0.6 is 11.6 Å². The lowest BCUT2D eigenvalue weighted by atomic mass is 9.99. The molecule has 1 aliphatic heterocycles. The van der Waals surface area contributed by atoms with Crippen LogP contribution < -0.4 is 14.4 Å². The SMILES string of the molecule is COc1ccc(CN(Cc2cccc(OC)c2)S(=O)(=O)CCCn2c(CN3C(=O)C4(CC4)c4ccncc43)cc3cc(Cl)cnc32)cc1. The van der Waals surface area contributed by atoms with Crippen molar-refractivity contribution in [3.63, 3.8) is 0 Å². The van der Waals surface area contributed by atoms with Crippen molar-refractivity contribution in [2.45, 2.75) is 50.9 Å². The van der Waals surface area contributed by atoms with Gasteiger partial charge in [-0.3, -0.25) is 9.78 Å². The van der Waals surface area contributed by atoms with E-state index in [0.29, 0.717) is 41.7 Å². The predicted octanol–water partition coefficient (Wildman–Crippen LogP) is 6.10. The zero-order valence-electron chi connectivity index (χ0n) is 26.8. The molecule has 0 unspecified atom stereocenters. The number of benzene rings is 2. The van der Waals surface area contributed by atoms with Gasteiger partial charge in [-0.25, -0.2) is 13.4 Å². The fourth-order valence-corrected chi connectivity index (χ4v) is 8.28. The molecular formula is C36H36ClN5O5S. The summed E-state index contributed by atoms with van der Waals surface area (Å²) in [4.78, 5) is 24.4. The number of fused-ring (bicyclic) bond motifs is 3. The molecule has 10 nitrogen and oxygen atoms in total. The number of pyridine rings is 2. The molecule has 4 heterocycles. The Hall–Kier alpha value is -4.45. The molecule has 0 saturated heterocycles. The molecule has 1 aliphatic carbocycles. The van der Waals surface area contributed by atoms with Gasteiger partial charge in [0.25, 0.3) is 0 Å². The molecule has 1 fully saturated rings. The Bertz CT molecular complexity index is 2100. The summed E-state index contributed by atoms with van der Waals surface area (Å²) in [7, 11) is -0.537. The number of aryl methyl sites for hydroxylation is 1. The number of halogens is 1. The fraction of sp³-hybridized carbons (Fsp3) is 0.306. The van der Waals surface area contributed by atoms with E-state index >= 15 is 0 Å². The van der Waals surface area contributed by atoms with Crippen LogP contribution in [0.15, 0.2) is 85.3 Å². The maximum absolute atomic E-state index is 14.0. The number of hydrogen-bond acceptors (Lipinski definition) is 7. The van der Waals surface area contributed by atoms with Gasteiger partial charge in [0.05, 0.1) is 48.8 Å². The second kappa shape index (κ2) is 12.9. The topological polar surface area (TPSA) is 107 Å². The summed E-state index contributed by atoms with van der Waals surface area (Å²) in [5.41, 5.74) is 4.63. The number of anilines is 1. The molecule has 0 bridgehead atoms. The van der Waals surface area contributed by atoms with E-state index in [0.717, 1.165) is 46.3 Å². The number of carbonyl (C=O) groups is 1. The smallest absolute Gasteiger partial charge is 0.238 e. The predicted molar refractivity (Wildman–Crippen MR) is 185 cm³/mol. The van der Waals surface area contributed by atoms with Crippen LogP contribution in [0.4, 0.5) is 5.69 Å². The molecule has 0 N–H and O–H groups in total. The van der Waals surface area contributed by atoms with Crippen molar-refractivity contribution < 1.29 is 22.7 Å². The van der Waals surface area contributed by atoms with E-state index in [1.807, 2.05) is 76.2 Å². The molecule has 1 saturated carbocycles. The summed E-state index contributed by atoms with van der Waals surface area (Å²) < 4.78 is 42.3. The monoisotopic (exact) mass is 685 g/mol. The highest BCUT2D eigenvalue weighted by molar-refractivity contribution is 7.89. The van der Waals surface area contributed by atoms with Crippen molar-refractivity contribution in [1.29, 1.82) is 0 Å². The van der Waals surface area contributed by atoms with Crippen molar-refractivity contribution >= 4 is 44.3 Å². The number of methoxy groups -OCH3 is 2. The first-order valence-electron chi connectivity index (χ1n) is 15.8. The Morgan fingerprint density at radius 1 is 0.938 bits per heavy atom. The number of amides is 1. The molecule has 1 amide bonds. The summed E-state index contributed by atoms with van der Waals surface area (Å²) in [6.07, 6.45) is 7.09. The molecule has 3 aromatic heterocycles. The average Bonchev–Trinajstić information content (AvgIpc) is 3.79. The lowest BCUT2D eigenvalue weighted by Crippen LogP contribution is -2.33. The van der Waals surface area contributed by atoms with Gasteiger partial charge >= 0.3 is 0 Å². The minimum Gasteiger partial charge on any atom is -0.497 e. The first kappa shape index (κ1) is 32.1. The van der Waals surface area contributed by atoms with Crippen LogP contribution in [-0.4, -0.2) is 53.1 Å². The molecular weight excluding hydrogens is 650 g/mol. The number of carbonyl (C=O) groups excluding carboxylic acids is 1. The largest absolute Gasteiger partial charge is 0.497 e. The molecule has 0 atom stereocenters. The summed E-state index contributed by atoms with van der Waals surface area (Å²) in [6, 6.07) is 20.6. The first-order chi connectivity index (χ1) is 23.2. The molecule has 5 aromatic rings. The van der Waals surface area contributed by atoms with Crippen molar-refractivity contribution in [1.82, 2.24) is 18.8 Å². The van der Waals surface area contributed by atoms with Gasteiger partial charge in [-0.15, -0.1) is 0 Å².